The highest BCUT2D eigenvalue weighted by Crippen LogP contribution is 2.19. The fraction of sp³-hybridized carbons (Fsp3) is 0.333. The maximum absolute atomic E-state index is 12.4. The molecule has 0 saturated carbocycles. The van der Waals surface area contributed by atoms with Crippen LogP contribution in [0.1, 0.15) is 19.4 Å². The molecule has 2 aromatic carbocycles. The van der Waals surface area contributed by atoms with Crippen LogP contribution in [0.5, 0.6) is 5.75 Å². The van der Waals surface area contributed by atoms with Crippen molar-refractivity contribution < 1.29 is 23.8 Å². The molecule has 7 nitrogen and oxygen atoms in total. The number of carbonyl (C=O) groups is 2. The van der Waals surface area contributed by atoms with Crippen LogP contribution in [0.15, 0.2) is 54.6 Å². The zero-order chi connectivity index (χ0) is 22.1. The van der Waals surface area contributed by atoms with Gasteiger partial charge >= 0.3 is 5.97 Å². The van der Waals surface area contributed by atoms with Gasteiger partial charge in [-0.15, -0.1) is 0 Å². The molecular weight excluding hydrogens is 396 g/mol. The molecule has 2 aromatic rings. The van der Waals surface area contributed by atoms with E-state index in [1.54, 1.807) is 13.0 Å². The maximum atomic E-state index is 12.4. The van der Waals surface area contributed by atoms with Gasteiger partial charge in [0.2, 0.25) is 0 Å². The lowest BCUT2D eigenvalue weighted by atomic mass is 10.2. The van der Waals surface area contributed by atoms with Gasteiger partial charge in [0.05, 0.1) is 19.8 Å². The Morgan fingerprint density at radius 3 is 2.42 bits per heavy atom. The molecule has 0 spiro atoms. The Morgan fingerprint density at radius 1 is 1.10 bits per heavy atom. The summed E-state index contributed by atoms with van der Waals surface area (Å²) in [6, 6.07) is 14.9. The van der Waals surface area contributed by atoms with Gasteiger partial charge in [-0.05, 0) is 61.9 Å². The number of nitrogens with zero attached hydrogens (tertiary/aromatic N) is 1. The van der Waals surface area contributed by atoms with Crippen LogP contribution in [-0.2, 0) is 19.1 Å². The molecular formula is C24H28N2O5. The monoisotopic (exact) mass is 424 g/mol. The smallest absolute Gasteiger partial charge is 0.331 e. The van der Waals surface area contributed by atoms with E-state index in [2.05, 4.69) is 10.2 Å². The number of rotatable bonds is 8. The SMILES string of the molecule is CCOc1ccc(/C=C/C(=O)O[C@H](C)C(=O)Nc2ccc(N3CCOCC3)cc2)cc1. The highest BCUT2D eigenvalue weighted by molar-refractivity contribution is 5.96. The van der Waals surface area contributed by atoms with Crippen molar-refractivity contribution >= 4 is 29.3 Å². The normalized spacial score (nSPS) is 14.8. The van der Waals surface area contributed by atoms with Gasteiger partial charge in [-0.2, -0.15) is 0 Å². The number of benzene rings is 2. The van der Waals surface area contributed by atoms with E-state index in [0.717, 1.165) is 30.1 Å². The summed E-state index contributed by atoms with van der Waals surface area (Å²) in [4.78, 5) is 26.6. The maximum Gasteiger partial charge on any atom is 0.331 e. The largest absolute Gasteiger partial charge is 0.494 e. The van der Waals surface area contributed by atoms with Crippen LogP contribution in [0.3, 0.4) is 0 Å². The van der Waals surface area contributed by atoms with Crippen LogP contribution in [0.25, 0.3) is 6.08 Å². The minimum Gasteiger partial charge on any atom is -0.494 e. The van der Waals surface area contributed by atoms with Crippen LogP contribution < -0.4 is 15.0 Å². The van der Waals surface area contributed by atoms with E-state index >= 15 is 0 Å². The number of esters is 1. The minimum absolute atomic E-state index is 0.387. The third-order valence-corrected chi connectivity index (χ3v) is 4.78. The van der Waals surface area contributed by atoms with Crippen LogP contribution in [0.4, 0.5) is 11.4 Å². The molecule has 3 rings (SSSR count). The Morgan fingerprint density at radius 2 is 1.77 bits per heavy atom. The minimum atomic E-state index is -0.920. The van der Waals surface area contributed by atoms with Gasteiger partial charge in [0.1, 0.15) is 5.75 Å². The number of nitrogens with one attached hydrogen (secondary N) is 1. The van der Waals surface area contributed by atoms with E-state index in [-0.39, 0.29) is 5.91 Å². The molecule has 1 atom stereocenters. The summed E-state index contributed by atoms with van der Waals surface area (Å²) >= 11 is 0. The number of hydrogen-bond donors (Lipinski definition) is 1. The molecule has 7 heteroatoms. The van der Waals surface area contributed by atoms with Gasteiger partial charge in [0, 0.05) is 30.5 Å². The number of hydrogen-bond acceptors (Lipinski definition) is 6. The van der Waals surface area contributed by atoms with E-state index in [1.807, 2.05) is 55.5 Å². The van der Waals surface area contributed by atoms with Crippen molar-refractivity contribution in [2.75, 3.05) is 43.1 Å². The summed E-state index contributed by atoms with van der Waals surface area (Å²) in [5, 5.41) is 2.77. The Hall–Kier alpha value is -3.32. The molecule has 164 valence electrons. The first-order chi connectivity index (χ1) is 15.0. The third kappa shape index (κ3) is 6.86. The van der Waals surface area contributed by atoms with E-state index in [0.29, 0.717) is 25.5 Å². The van der Waals surface area contributed by atoms with E-state index in [9.17, 15) is 9.59 Å². The molecule has 0 aromatic heterocycles. The second-order valence-electron chi connectivity index (χ2n) is 7.05. The van der Waals surface area contributed by atoms with Crippen molar-refractivity contribution in [3.8, 4) is 5.75 Å². The molecule has 31 heavy (non-hydrogen) atoms. The number of morpholine rings is 1. The summed E-state index contributed by atoms with van der Waals surface area (Å²) < 4.78 is 15.9. The molecule has 1 amide bonds. The third-order valence-electron chi connectivity index (χ3n) is 4.78. The fourth-order valence-electron chi connectivity index (χ4n) is 3.09. The molecule has 0 aliphatic carbocycles. The van der Waals surface area contributed by atoms with Gasteiger partial charge < -0.3 is 24.4 Å². The van der Waals surface area contributed by atoms with Gasteiger partial charge in [0.15, 0.2) is 6.10 Å². The Labute approximate surface area is 182 Å². The van der Waals surface area contributed by atoms with Gasteiger partial charge in [-0.1, -0.05) is 12.1 Å². The summed E-state index contributed by atoms with van der Waals surface area (Å²) in [6.45, 7) is 7.19. The van der Waals surface area contributed by atoms with Crippen LogP contribution in [-0.4, -0.2) is 50.9 Å². The zero-order valence-electron chi connectivity index (χ0n) is 17.9. The van der Waals surface area contributed by atoms with Crippen LogP contribution >= 0.6 is 0 Å². The van der Waals surface area contributed by atoms with E-state index in [1.165, 1.54) is 6.08 Å². The summed E-state index contributed by atoms with van der Waals surface area (Å²) in [6.07, 6.45) is 2.01. The molecule has 1 fully saturated rings. The highest BCUT2D eigenvalue weighted by Gasteiger charge is 2.17. The number of anilines is 2. The molecule has 1 heterocycles. The molecule has 1 aliphatic heterocycles. The topological polar surface area (TPSA) is 77.1 Å². The predicted octanol–water partition coefficient (Wildman–Crippen LogP) is 3.51. The Bertz CT molecular complexity index is 887. The summed E-state index contributed by atoms with van der Waals surface area (Å²) in [5.74, 6) is -0.202. The van der Waals surface area contributed by atoms with Crippen LogP contribution in [0.2, 0.25) is 0 Å². The standard InChI is InChI=1S/C24H28N2O5/c1-3-30-22-11-4-19(5-12-22)6-13-23(27)31-18(2)24(28)25-20-7-9-21(10-8-20)26-14-16-29-17-15-26/h4-13,18H,3,14-17H2,1-2H3,(H,25,28)/b13-6+/t18-/m1/s1. The lowest BCUT2D eigenvalue weighted by Gasteiger charge is -2.28. The number of amides is 1. The van der Waals surface area contributed by atoms with Crippen molar-refractivity contribution in [2.45, 2.75) is 20.0 Å². The molecule has 1 aliphatic rings. The van der Waals surface area contributed by atoms with Crippen LogP contribution in [0, 0.1) is 0 Å². The lowest BCUT2D eigenvalue weighted by Crippen LogP contribution is -2.36. The Kier molecular flexibility index (Phi) is 8.06. The lowest BCUT2D eigenvalue weighted by molar-refractivity contribution is -0.148. The zero-order valence-corrected chi connectivity index (χ0v) is 17.9. The predicted molar refractivity (Wildman–Crippen MR) is 120 cm³/mol. The average molecular weight is 424 g/mol. The van der Waals surface area contributed by atoms with E-state index < -0.39 is 12.1 Å². The number of ether oxygens (including phenoxy) is 3. The van der Waals surface area contributed by atoms with Gasteiger partial charge in [-0.3, -0.25) is 4.79 Å². The second kappa shape index (κ2) is 11.2. The first kappa shape index (κ1) is 22.4. The quantitative estimate of drug-likeness (QED) is 0.516. The van der Waals surface area contributed by atoms with Crippen molar-refractivity contribution in [3.63, 3.8) is 0 Å². The molecule has 0 bridgehead atoms. The van der Waals surface area contributed by atoms with Gasteiger partial charge in [0.25, 0.3) is 5.91 Å². The fourth-order valence-corrected chi connectivity index (χ4v) is 3.09. The van der Waals surface area contributed by atoms with Crippen molar-refractivity contribution in [3.05, 3.63) is 60.2 Å². The van der Waals surface area contributed by atoms with Crippen molar-refractivity contribution in [2.24, 2.45) is 0 Å². The second-order valence-corrected chi connectivity index (χ2v) is 7.05. The molecule has 0 radical (unpaired) electrons. The van der Waals surface area contributed by atoms with Gasteiger partial charge in [-0.25, -0.2) is 4.79 Å². The number of carbonyl (C=O) groups excluding carboxylic acids is 2. The van der Waals surface area contributed by atoms with Crippen molar-refractivity contribution in [1.82, 2.24) is 0 Å². The first-order valence-corrected chi connectivity index (χ1v) is 10.4. The van der Waals surface area contributed by atoms with Crippen molar-refractivity contribution in [1.29, 1.82) is 0 Å². The summed E-state index contributed by atoms with van der Waals surface area (Å²) in [5.41, 5.74) is 2.56. The molecule has 1 saturated heterocycles. The summed E-state index contributed by atoms with van der Waals surface area (Å²) in [7, 11) is 0. The highest BCUT2D eigenvalue weighted by atomic mass is 16.5. The first-order valence-electron chi connectivity index (χ1n) is 10.4. The Balaban J connectivity index is 1.47. The average Bonchev–Trinajstić information content (AvgIpc) is 2.80. The van der Waals surface area contributed by atoms with E-state index in [4.69, 9.17) is 14.2 Å². The molecule has 1 N–H and O–H groups in total. The molecule has 0 unspecified atom stereocenters.